The van der Waals surface area contributed by atoms with Crippen molar-refractivity contribution < 1.29 is 14.3 Å². The van der Waals surface area contributed by atoms with Gasteiger partial charge in [0.25, 0.3) is 0 Å². The van der Waals surface area contributed by atoms with Crippen LogP contribution in [0.2, 0.25) is 0 Å². The van der Waals surface area contributed by atoms with Gasteiger partial charge < -0.3 is 9.53 Å². The third-order valence-corrected chi connectivity index (χ3v) is 3.08. The molecule has 1 unspecified atom stereocenters. The van der Waals surface area contributed by atoms with Crippen molar-refractivity contribution >= 4 is 12.1 Å². The fourth-order valence-corrected chi connectivity index (χ4v) is 1.98. The van der Waals surface area contributed by atoms with Crippen LogP contribution in [0.4, 0.5) is 0 Å². The van der Waals surface area contributed by atoms with Crippen LogP contribution in [-0.4, -0.2) is 19.2 Å². The predicted octanol–water partition coefficient (Wildman–Crippen LogP) is 2.81. The molecule has 0 aliphatic heterocycles. The maximum absolute atomic E-state index is 11.1. The molecule has 0 heterocycles. The van der Waals surface area contributed by atoms with Gasteiger partial charge in [-0.2, -0.15) is 0 Å². The lowest BCUT2D eigenvalue weighted by molar-refractivity contribution is -0.125. The molecule has 1 atom stereocenters. The Morgan fingerprint density at radius 3 is 2.39 bits per heavy atom. The van der Waals surface area contributed by atoms with E-state index in [1.165, 1.54) is 6.92 Å². The van der Waals surface area contributed by atoms with E-state index in [2.05, 4.69) is 0 Å². The summed E-state index contributed by atoms with van der Waals surface area (Å²) in [5, 5.41) is 0. The topological polar surface area (TPSA) is 43.4 Å². The van der Waals surface area contributed by atoms with Gasteiger partial charge >= 0.3 is 0 Å². The van der Waals surface area contributed by atoms with Gasteiger partial charge in [0.1, 0.15) is 17.8 Å². The largest absolute Gasteiger partial charge is 0.497 e. The van der Waals surface area contributed by atoms with Crippen molar-refractivity contribution in [1.29, 1.82) is 0 Å². The molecule has 0 spiro atoms. The van der Waals surface area contributed by atoms with Gasteiger partial charge in [0.2, 0.25) is 0 Å². The first kappa shape index (κ1) is 14.4. The van der Waals surface area contributed by atoms with Crippen LogP contribution in [-0.2, 0) is 16.0 Å². The third kappa shape index (κ3) is 4.32. The van der Waals surface area contributed by atoms with Crippen LogP contribution in [0.3, 0.4) is 0 Å². The lowest BCUT2D eigenvalue weighted by Gasteiger charge is -2.21. The van der Waals surface area contributed by atoms with Crippen LogP contribution < -0.4 is 4.74 Å². The maximum atomic E-state index is 11.1. The minimum absolute atomic E-state index is 0.0549. The molecule has 1 aromatic carbocycles. The quantitative estimate of drug-likeness (QED) is 0.697. The number of methoxy groups -OCH3 is 1. The summed E-state index contributed by atoms with van der Waals surface area (Å²) in [5.41, 5.74) is 0.596. The smallest absolute Gasteiger partial charge is 0.130 e. The second-order valence-corrected chi connectivity index (χ2v) is 5.00. The molecule has 0 saturated carbocycles. The Morgan fingerprint density at radius 2 is 1.94 bits per heavy atom. The van der Waals surface area contributed by atoms with Crippen LogP contribution >= 0.6 is 0 Å². The second kappa shape index (κ2) is 6.34. The van der Waals surface area contributed by atoms with Crippen LogP contribution in [0.1, 0.15) is 32.3 Å². The lowest BCUT2D eigenvalue weighted by Crippen LogP contribution is -2.22. The average molecular weight is 248 g/mol. The lowest BCUT2D eigenvalue weighted by atomic mass is 9.81. The third-order valence-electron chi connectivity index (χ3n) is 3.08. The Bertz CT molecular complexity index is 408. The summed E-state index contributed by atoms with van der Waals surface area (Å²) < 4.78 is 5.09. The first-order valence-corrected chi connectivity index (χ1v) is 6.08. The van der Waals surface area contributed by atoms with E-state index in [4.69, 9.17) is 4.74 Å². The summed E-state index contributed by atoms with van der Waals surface area (Å²) in [6.07, 6.45) is 2.68. The maximum Gasteiger partial charge on any atom is 0.130 e. The number of ether oxygens (including phenoxy) is 1. The fourth-order valence-electron chi connectivity index (χ4n) is 1.98. The van der Waals surface area contributed by atoms with Crippen molar-refractivity contribution in [2.45, 2.75) is 33.1 Å². The molecular formula is C15H20O3. The van der Waals surface area contributed by atoms with E-state index in [9.17, 15) is 9.59 Å². The summed E-state index contributed by atoms with van der Waals surface area (Å²) in [6, 6.07) is 7.77. The van der Waals surface area contributed by atoms with Crippen LogP contribution in [0.25, 0.3) is 0 Å². The molecule has 1 rings (SSSR count). The Labute approximate surface area is 108 Å². The summed E-state index contributed by atoms with van der Waals surface area (Å²) >= 11 is 0. The highest BCUT2D eigenvalue weighted by Gasteiger charge is 2.25. The van der Waals surface area contributed by atoms with E-state index < -0.39 is 5.41 Å². The molecule has 0 aromatic heterocycles. The fraction of sp³-hybridized carbons (Fsp3) is 0.467. The zero-order chi connectivity index (χ0) is 13.6. The number of hydrogen-bond donors (Lipinski definition) is 0. The first-order chi connectivity index (χ1) is 8.49. The van der Waals surface area contributed by atoms with Gasteiger partial charge in [-0.15, -0.1) is 0 Å². The minimum Gasteiger partial charge on any atom is -0.497 e. The summed E-state index contributed by atoms with van der Waals surface area (Å²) in [6.45, 7) is 3.36. The van der Waals surface area contributed by atoms with Gasteiger partial charge in [0.15, 0.2) is 0 Å². The molecule has 0 aliphatic rings. The van der Waals surface area contributed by atoms with Gasteiger partial charge in [0, 0.05) is 11.8 Å². The van der Waals surface area contributed by atoms with E-state index in [0.717, 1.165) is 24.0 Å². The molecule has 0 saturated heterocycles. The highest BCUT2D eigenvalue weighted by Crippen LogP contribution is 2.26. The molecule has 0 fully saturated rings. The van der Waals surface area contributed by atoms with E-state index in [1.807, 2.05) is 31.2 Å². The van der Waals surface area contributed by atoms with Gasteiger partial charge in [-0.3, -0.25) is 4.79 Å². The van der Waals surface area contributed by atoms with Gasteiger partial charge in [-0.25, -0.2) is 0 Å². The summed E-state index contributed by atoms with van der Waals surface area (Å²) in [7, 11) is 1.63. The molecule has 0 N–H and O–H groups in total. The van der Waals surface area contributed by atoms with Crippen molar-refractivity contribution in [2.75, 3.05) is 7.11 Å². The van der Waals surface area contributed by atoms with Crippen molar-refractivity contribution in [1.82, 2.24) is 0 Å². The number of aryl methyl sites for hydroxylation is 1. The Morgan fingerprint density at radius 1 is 1.33 bits per heavy atom. The van der Waals surface area contributed by atoms with Crippen molar-refractivity contribution in [3.05, 3.63) is 29.8 Å². The van der Waals surface area contributed by atoms with Crippen LogP contribution in [0.15, 0.2) is 24.3 Å². The molecule has 0 aliphatic carbocycles. The van der Waals surface area contributed by atoms with Crippen molar-refractivity contribution in [3.63, 3.8) is 0 Å². The second-order valence-electron chi connectivity index (χ2n) is 5.00. The molecular weight excluding hydrogens is 228 g/mol. The predicted molar refractivity (Wildman–Crippen MR) is 70.8 cm³/mol. The number of ketones is 1. The molecule has 0 amide bonds. The Balaban J connectivity index is 2.61. The zero-order valence-electron chi connectivity index (χ0n) is 11.2. The molecule has 18 heavy (non-hydrogen) atoms. The standard InChI is InChI=1S/C15H20O3/c1-12(17)10-15(2,11-16)9-8-13-4-6-14(18-3)7-5-13/h4-7,11H,8-10H2,1-3H3. The Hall–Kier alpha value is -1.64. The molecule has 0 bridgehead atoms. The number of hydrogen-bond acceptors (Lipinski definition) is 3. The molecule has 98 valence electrons. The highest BCUT2D eigenvalue weighted by molar-refractivity contribution is 5.80. The van der Waals surface area contributed by atoms with E-state index in [1.54, 1.807) is 7.11 Å². The van der Waals surface area contributed by atoms with Gasteiger partial charge in [-0.1, -0.05) is 19.1 Å². The number of aldehydes is 1. The van der Waals surface area contributed by atoms with Crippen LogP contribution in [0, 0.1) is 5.41 Å². The highest BCUT2D eigenvalue weighted by atomic mass is 16.5. The first-order valence-electron chi connectivity index (χ1n) is 6.08. The van der Waals surface area contributed by atoms with E-state index in [-0.39, 0.29) is 5.78 Å². The molecule has 1 aromatic rings. The van der Waals surface area contributed by atoms with Crippen LogP contribution in [0.5, 0.6) is 5.75 Å². The SMILES string of the molecule is COc1ccc(CCC(C)(C=O)CC(C)=O)cc1. The van der Waals surface area contributed by atoms with Crippen molar-refractivity contribution in [2.24, 2.45) is 5.41 Å². The number of carbonyl (C=O) groups excluding carboxylic acids is 2. The number of benzene rings is 1. The monoisotopic (exact) mass is 248 g/mol. The number of rotatable bonds is 7. The molecule has 0 radical (unpaired) electrons. The normalized spacial score (nSPS) is 13.7. The zero-order valence-corrected chi connectivity index (χ0v) is 11.2. The number of carbonyl (C=O) groups is 2. The summed E-state index contributed by atoms with van der Waals surface area (Å²) in [4.78, 5) is 22.2. The average Bonchev–Trinajstić information content (AvgIpc) is 2.36. The van der Waals surface area contributed by atoms with Crippen molar-refractivity contribution in [3.8, 4) is 5.75 Å². The molecule has 3 nitrogen and oxygen atoms in total. The molecule has 3 heteroatoms. The minimum atomic E-state index is -0.550. The van der Waals surface area contributed by atoms with E-state index >= 15 is 0 Å². The Kier molecular flexibility index (Phi) is 5.08. The van der Waals surface area contributed by atoms with Gasteiger partial charge in [-0.05, 0) is 37.5 Å². The summed E-state index contributed by atoms with van der Waals surface area (Å²) in [5.74, 6) is 0.875. The number of Topliss-reactive ketones (excluding diaryl/α,β-unsaturated/α-hetero) is 1. The van der Waals surface area contributed by atoms with Gasteiger partial charge in [0.05, 0.1) is 7.11 Å². The van der Waals surface area contributed by atoms with E-state index in [0.29, 0.717) is 12.8 Å².